The van der Waals surface area contributed by atoms with Gasteiger partial charge < -0.3 is 15.1 Å². The lowest BCUT2D eigenvalue weighted by Crippen LogP contribution is -2.46. The smallest absolute Gasteiger partial charge is 0.128 e. The monoisotopic (exact) mass is 248 g/mol. The largest absolute Gasteiger partial charge is 0.359 e. The minimum Gasteiger partial charge on any atom is -0.359 e. The molecule has 0 amide bonds. The number of piperazine rings is 1. The minimum absolute atomic E-state index is 0.662. The van der Waals surface area contributed by atoms with E-state index in [0.717, 1.165) is 25.5 Å². The second-order valence-electron chi connectivity index (χ2n) is 5.22. The van der Waals surface area contributed by atoms with Crippen LogP contribution in [0.25, 0.3) is 0 Å². The zero-order valence-corrected chi connectivity index (χ0v) is 11.5. The molecule has 0 saturated carbocycles. The highest BCUT2D eigenvalue weighted by molar-refractivity contribution is 5.36. The average molecular weight is 248 g/mol. The van der Waals surface area contributed by atoms with Crippen LogP contribution in [0.5, 0.6) is 0 Å². The normalized spacial score (nSPS) is 18.6. The summed E-state index contributed by atoms with van der Waals surface area (Å²) in [4.78, 5) is 9.17. The maximum absolute atomic E-state index is 4.38. The topological polar surface area (TPSA) is 31.4 Å². The van der Waals surface area contributed by atoms with Gasteiger partial charge in [-0.15, -0.1) is 0 Å². The Morgan fingerprint density at radius 2 is 2.17 bits per heavy atom. The second kappa shape index (κ2) is 6.71. The van der Waals surface area contributed by atoms with E-state index < -0.39 is 0 Å². The number of anilines is 1. The lowest BCUT2D eigenvalue weighted by atomic mass is 10.1. The van der Waals surface area contributed by atoms with Crippen molar-refractivity contribution >= 4 is 5.82 Å². The molecule has 0 bridgehead atoms. The lowest BCUT2D eigenvalue weighted by Gasteiger charge is -2.31. The lowest BCUT2D eigenvalue weighted by molar-refractivity contribution is 0.213. The van der Waals surface area contributed by atoms with Gasteiger partial charge in [0.2, 0.25) is 0 Å². The molecule has 0 spiro atoms. The van der Waals surface area contributed by atoms with Crippen LogP contribution in [-0.4, -0.2) is 56.2 Å². The molecule has 2 rings (SSSR count). The summed E-state index contributed by atoms with van der Waals surface area (Å²) < 4.78 is 0. The Bertz CT molecular complexity index is 335. The third-order valence-electron chi connectivity index (χ3n) is 3.41. The highest BCUT2D eigenvalue weighted by Gasteiger charge is 2.14. The van der Waals surface area contributed by atoms with E-state index >= 15 is 0 Å². The highest BCUT2D eigenvalue weighted by Crippen LogP contribution is 2.10. The Balaban J connectivity index is 1.78. The molecule has 1 aliphatic heterocycles. The van der Waals surface area contributed by atoms with Crippen molar-refractivity contribution in [3.05, 3.63) is 24.4 Å². The van der Waals surface area contributed by atoms with Crippen molar-refractivity contribution in [2.45, 2.75) is 6.92 Å². The molecule has 2 heterocycles. The molecule has 0 aromatic carbocycles. The molecule has 0 radical (unpaired) electrons. The summed E-state index contributed by atoms with van der Waals surface area (Å²) in [6.07, 6.45) is 1.85. The summed E-state index contributed by atoms with van der Waals surface area (Å²) in [6.45, 7) is 9.17. The van der Waals surface area contributed by atoms with Crippen LogP contribution in [0.4, 0.5) is 5.82 Å². The van der Waals surface area contributed by atoms with E-state index in [2.05, 4.69) is 40.1 Å². The average Bonchev–Trinajstić information content (AvgIpc) is 2.40. The summed E-state index contributed by atoms with van der Waals surface area (Å²) in [6, 6.07) is 6.07. The molecule has 1 aromatic rings. The van der Waals surface area contributed by atoms with E-state index in [1.807, 2.05) is 18.3 Å². The number of hydrogen-bond donors (Lipinski definition) is 1. The predicted octanol–water partition coefficient (Wildman–Crippen LogP) is 1.06. The maximum Gasteiger partial charge on any atom is 0.128 e. The van der Waals surface area contributed by atoms with Gasteiger partial charge in [0, 0.05) is 52.5 Å². The molecular formula is C14H24N4. The van der Waals surface area contributed by atoms with Crippen LogP contribution in [0.1, 0.15) is 6.92 Å². The van der Waals surface area contributed by atoms with Crippen molar-refractivity contribution in [2.24, 2.45) is 5.92 Å². The first-order valence-electron chi connectivity index (χ1n) is 6.81. The zero-order chi connectivity index (χ0) is 12.8. The molecule has 1 aliphatic rings. The Morgan fingerprint density at radius 1 is 1.39 bits per heavy atom. The van der Waals surface area contributed by atoms with Gasteiger partial charge in [0.15, 0.2) is 0 Å². The van der Waals surface area contributed by atoms with Crippen LogP contribution in [0.15, 0.2) is 24.4 Å². The van der Waals surface area contributed by atoms with Crippen LogP contribution in [0.3, 0.4) is 0 Å². The van der Waals surface area contributed by atoms with Crippen molar-refractivity contribution < 1.29 is 0 Å². The van der Waals surface area contributed by atoms with E-state index in [-0.39, 0.29) is 0 Å². The third kappa shape index (κ3) is 3.96. The molecule has 4 heteroatoms. The van der Waals surface area contributed by atoms with Crippen LogP contribution >= 0.6 is 0 Å². The summed E-state index contributed by atoms with van der Waals surface area (Å²) >= 11 is 0. The van der Waals surface area contributed by atoms with E-state index in [0.29, 0.717) is 5.92 Å². The summed E-state index contributed by atoms with van der Waals surface area (Å²) in [5.41, 5.74) is 0. The first-order valence-corrected chi connectivity index (χ1v) is 6.81. The standard InChI is InChI=1S/C14H24N4/c1-13(12-18-9-7-15-8-10-18)11-17(2)14-5-3-4-6-16-14/h3-6,13,15H,7-12H2,1-2H3. The third-order valence-corrected chi connectivity index (χ3v) is 3.41. The van der Waals surface area contributed by atoms with Crippen molar-refractivity contribution in [3.8, 4) is 0 Å². The number of nitrogens with one attached hydrogen (secondary N) is 1. The molecule has 1 atom stereocenters. The quantitative estimate of drug-likeness (QED) is 0.844. The molecule has 4 nitrogen and oxygen atoms in total. The van der Waals surface area contributed by atoms with E-state index in [9.17, 15) is 0 Å². The minimum atomic E-state index is 0.662. The molecule has 18 heavy (non-hydrogen) atoms. The van der Waals surface area contributed by atoms with Gasteiger partial charge in [0.05, 0.1) is 0 Å². The molecule has 1 N–H and O–H groups in total. The Morgan fingerprint density at radius 3 is 2.83 bits per heavy atom. The van der Waals surface area contributed by atoms with Gasteiger partial charge in [-0.3, -0.25) is 0 Å². The van der Waals surface area contributed by atoms with Gasteiger partial charge in [-0.1, -0.05) is 13.0 Å². The number of pyridine rings is 1. The maximum atomic E-state index is 4.38. The molecule has 1 unspecified atom stereocenters. The molecule has 1 fully saturated rings. The fraction of sp³-hybridized carbons (Fsp3) is 0.643. The predicted molar refractivity (Wildman–Crippen MR) is 76.0 cm³/mol. The fourth-order valence-corrected chi connectivity index (χ4v) is 2.53. The van der Waals surface area contributed by atoms with Crippen molar-refractivity contribution in [1.29, 1.82) is 0 Å². The first-order chi connectivity index (χ1) is 8.75. The highest BCUT2D eigenvalue weighted by atomic mass is 15.2. The van der Waals surface area contributed by atoms with Crippen molar-refractivity contribution in [3.63, 3.8) is 0 Å². The molecule has 100 valence electrons. The van der Waals surface area contributed by atoms with E-state index in [1.54, 1.807) is 0 Å². The van der Waals surface area contributed by atoms with Crippen molar-refractivity contribution in [2.75, 3.05) is 51.2 Å². The number of hydrogen-bond acceptors (Lipinski definition) is 4. The van der Waals surface area contributed by atoms with Gasteiger partial charge in [0.1, 0.15) is 5.82 Å². The van der Waals surface area contributed by atoms with Gasteiger partial charge in [-0.2, -0.15) is 0 Å². The number of aromatic nitrogens is 1. The van der Waals surface area contributed by atoms with Crippen LogP contribution in [-0.2, 0) is 0 Å². The van der Waals surface area contributed by atoms with E-state index in [4.69, 9.17) is 0 Å². The Labute approximate surface area is 110 Å². The molecular weight excluding hydrogens is 224 g/mol. The van der Waals surface area contributed by atoms with Gasteiger partial charge >= 0.3 is 0 Å². The Hall–Kier alpha value is -1.13. The fourth-order valence-electron chi connectivity index (χ4n) is 2.53. The summed E-state index contributed by atoms with van der Waals surface area (Å²) in [5.74, 6) is 1.72. The van der Waals surface area contributed by atoms with Crippen LogP contribution < -0.4 is 10.2 Å². The number of nitrogens with zero attached hydrogens (tertiary/aromatic N) is 3. The van der Waals surface area contributed by atoms with E-state index in [1.165, 1.54) is 19.6 Å². The first kappa shape index (κ1) is 13.3. The van der Waals surface area contributed by atoms with Gasteiger partial charge in [0.25, 0.3) is 0 Å². The second-order valence-corrected chi connectivity index (χ2v) is 5.22. The Kier molecular flexibility index (Phi) is 4.96. The zero-order valence-electron chi connectivity index (χ0n) is 11.5. The van der Waals surface area contributed by atoms with Crippen LogP contribution in [0.2, 0.25) is 0 Å². The number of rotatable bonds is 5. The molecule has 1 aromatic heterocycles. The molecule has 1 saturated heterocycles. The van der Waals surface area contributed by atoms with Gasteiger partial charge in [-0.05, 0) is 18.1 Å². The molecule has 0 aliphatic carbocycles. The summed E-state index contributed by atoms with van der Waals surface area (Å²) in [5, 5.41) is 3.39. The summed E-state index contributed by atoms with van der Waals surface area (Å²) in [7, 11) is 2.12. The van der Waals surface area contributed by atoms with Crippen LogP contribution in [0, 0.1) is 5.92 Å². The SMILES string of the molecule is CC(CN1CCNCC1)CN(C)c1ccccn1. The van der Waals surface area contributed by atoms with Gasteiger partial charge in [-0.25, -0.2) is 4.98 Å². The van der Waals surface area contributed by atoms with Crippen molar-refractivity contribution in [1.82, 2.24) is 15.2 Å².